The van der Waals surface area contributed by atoms with E-state index in [2.05, 4.69) is 4.72 Å². The van der Waals surface area contributed by atoms with Gasteiger partial charge in [-0.3, -0.25) is 4.72 Å². The second kappa shape index (κ2) is 5.45. The molecular formula is C14H14N2O4S. The minimum Gasteiger partial charge on any atom is -0.478 e. The van der Waals surface area contributed by atoms with E-state index in [0.29, 0.717) is 5.56 Å². The average molecular weight is 306 g/mol. The van der Waals surface area contributed by atoms with Crippen molar-refractivity contribution in [3.05, 3.63) is 53.6 Å². The Labute approximate surface area is 122 Å². The molecule has 0 aliphatic rings. The van der Waals surface area contributed by atoms with Crippen LogP contribution in [0.15, 0.2) is 47.4 Å². The molecule has 0 heterocycles. The Morgan fingerprint density at radius 1 is 1.19 bits per heavy atom. The van der Waals surface area contributed by atoms with Crippen LogP contribution in [0.3, 0.4) is 0 Å². The molecule has 0 amide bonds. The van der Waals surface area contributed by atoms with E-state index in [9.17, 15) is 13.2 Å². The molecule has 0 radical (unpaired) electrons. The van der Waals surface area contributed by atoms with Gasteiger partial charge in [0.15, 0.2) is 0 Å². The number of aromatic carboxylic acids is 1. The van der Waals surface area contributed by atoms with E-state index in [4.69, 9.17) is 10.8 Å². The summed E-state index contributed by atoms with van der Waals surface area (Å²) in [5.41, 5.74) is 6.18. The number of rotatable bonds is 4. The molecule has 0 fully saturated rings. The largest absolute Gasteiger partial charge is 0.478 e. The Kier molecular flexibility index (Phi) is 3.86. The van der Waals surface area contributed by atoms with Gasteiger partial charge in [-0.1, -0.05) is 18.2 Å². The highest BCUT2D eigenvalue weighted by atomic mass is 32.2. The number of benzene rings is 2. The normalized spacial score (nSPS) is 11.1. The van der Waals surface area contributed by atoms with Crippen LogP contribution >= 0.6 is 0 Å². The van der Waals surface area contributed by atoms with Crippen molar-refractivity contribution in [2.45, 2.75) is 11.8 Å². The van der Waals surface area contributed by atoms with E-state index in [1.807, 2.05) is 0 Å². The van der Waals surface area contributed by atoms with Gasteiger partial charge in [-0.25, -0.2) is 13.2 Å². The monoisotopic (exact) mass is 306 g/mol. The van der Waals surface area contributed by atoms with Crippen molar-refractivity contribution in [1.82, 2.24) is 0 Å². The number of carboxylic acids is 1. The van der Waals surface area contributed by atoms with E-state index in [1.165, 1.54) is 24.3 Å². The van der Waals surface area contributed by atoms with Crippen molar-refractivity contribution in [3.8, 4) is 0 Å². The van der Waals surface area contributed by atoms with Gasteiger partial charge in [0.05, 0.1) is 16.1 Å². The van der Waals surface area contributed by atoms with Crippen LogP contribution in [0.2, 0.25) is 0 Å². The molecule has 0 saturated heterocycles. The molecule has 110 valence electrons. The highest BCUT2D eigenvalue weighted by molar-refractivity contribution is 7.92. The summed E-state index contributed by atoms with van der Waals surface area (Å²) >= 11 is 0. The summed E-state index contributed by atoms with van der Waals surface area (Å²) in [6.45, 7) is 1.66. The number of aryl methyl sites for hydroxylation is 1. The quantitative estimate of drug-likeness (QED) is 0.749. The molecule has 0 aromatic heterocycles. The number of carboxylic acid groups (broad SMARTS) is 1. The molecule has 0 saturated carbocycles. The number of nitrogens with one attached hydrogen (secondary N) is 1. The Hall–Kier alpha value is -2.54. The third-order valence-corrected chi connectivity index (χ3v) is 4.43. The summed E-state index contributed by atoms with van der Waals surface area (Å²) in [7, 11) is -3.89. The van der Waals surface area contributed by atoms with Crippen LogP contribution in [-0.4, -0.2) is 19.5 Å². The maximum atomic E-state index is 12.4. The standard InChI is InChI=1S/C14H14N2O4S/c1-9-4-2-3-5-13(9)21(19,20)16-12-8-10(15)6-7-11(12)14(17)18/h2-8,16H,15H2,1H3,(H,17,18). The molecule has 0 aliphatic heterocycles. The molecule has 2 rings (SSSR count). The van der Waals surface area contributed by atoms with E-state index in [-0.39, 0.29) is 21.8 Å². The predicted octanol–water partition coefficient (Wildman–Crippen LogP) is 2.08. The lowest BCUT2D eigenvalue weighted by Gasteiger charge is -2.12. The minimum atomic E-state index is -3.89. The van der Waals surface area contributed by atoms with Gasteiger partial charge >= 0.3 is 5.97 Å². The zero-order chi connectivity index (χ0) is 15.6. The van der Waals surface area contributed by atoms with E-state index < -0.39 is 16.0 Å². The number of sulfonamides is 1. The fourth-order valence-electron chi connectivity index (χ4n) is 1.89. The van der Waals surface area contributed by atoms with Crippen LogP contribution in [0, 0.1) is 6.92 Å². The Balaban J connectivity index is 2.49. The minimum absolute atomic E-state index is 0.0641. The molecule has 7 heteroatoms. The van der Waals surface area contributed by atoms with E-state index in [0.717, 1.165) is 0 Å². The van der Waals surface area contributed by atoms with Gasteiger partial charge in [-0.05, 0) is 36.8 Å². The van der Waals surface area contributed by atoms with Crippen molar-refractivity contribution in [3.63, 3.8) is 0 Å². The van der Waals surface area contributed by atoms with Crippen molar-refractivity contribution in [1.29, 1.82) is 0 Å². The highest BCUT2D eigenvalue weighted by Crippen LogP contribution is 2.24. The molecule has 0 spiro atoms. The molecule has 0 atom stereocenters. The Morgan fingerprint density at radius 3 is 2.48 bits per heavy atom. The van der Waals surface area contributed by atoms with Crippen LogP contribution in [0.25, 0.3) is 0 Å². The lowest BCUT2D eigenvalue weighted by Crippen LogP contribution is -2.16. The summed E-state index contributed by atoms with van der Waals surface area (Å²) in [5, 5.41) is 9.10. The Bertz CT molecular complexity index is 800. The molecule has 0 aliphatic carbocycles. The first kappa shape index (κ1) is 14.9. The number of carbonyl (C=O) groups is 1. The number of hydrogen-bond acceptors (Lipinski definition) is 4. The molecule has 0 unspecified atom stereocenters. The van der Waals surface area contributed by atoms with E-state index in [1.54, 1.807) is 25.1 Å². The van der Waals surface area contributed by atoms with Gasteiger partial charge < -0.3 is 10.8 Å². The van der Waals surface area contributed by atoms with Crippen molar-refractivity contribution >= 4 is 27.4 Å². The van der Waals surface area contributed by atoms with Crippen LogP contribution in [-0.2, 0) is 10.0 Å². The third kappa shape index (κ3) is 3.14. The summed E-state index contributed by atoms with van der Waals surface area (Å²) in [6.07, 6.45) is 0. The van der Waals surface area contributed by atoms with Gasteiger partial charge in [-0.2, -0.15) is 0 Å². The number of anilines is 2. The molecular weight excluding hydrogens is 292 g/mol. The first-order valence-electron chi connectivity index (χ1n) is 6.02. The predicted molar refractivity (Wildman–Crippen MR) is 79.8 cm³/mol. The summed E-state index contributed by atoms with van der Waals surface area (Å²) < 4.78 is 27.0. The Morgan fingerprint density at radius 2 is 1.86 bits per heavy atom. The number of hydrogen-bond donors (Lipinski definition) is 3. The van der Waals surface area contributed by atoms with Crippen molar-refractivity contribution in [2.75, 3.05) is 10.5 Å². The lowest BCUT2D eigenvalue weighted by atomic mass is 10.1. The maximum Gasteiger partial charge on any atom is 0.337 e. The van der Waals surface area contributed by atoms with Gasteiger partial charge in [0, 0.05) is 5.69 Å². The van der Waals surface area contributed by atoms with Gasteiger partial charge in [0.25, 0.3) is 10.0 Å². The first-order valence-corrected chi connectivity index (χ1v) is 7.51. The summed E-state index contributed by atoms with van der Waals surface area (Å²) in [6, 6.07) is 10.4. The van der Waals surface area contributed by atoms with Crippen LogP contribution in [0.1, 0.15) is 15.9 Å². The summed E-state index contributed by atoms with van der Waals surface area (Å²) in [5.74, 6) is -1.24. The van der Waals surface area contributed by atoms with Gasteiger partial charge in [0.2, 0.25) is 0 Å². The van der Waals surface area contributed by atoms with Crippen molar-refractivity contribution in [2.24, 2.45) is 0 Å². The fraction of sp³-hybridized carbons (Fsp3) is 0.0714. The van der Waals surface area contributed by atoms with Gasteiger partial charge in [-0.15, -0.1) is 0 Å². The zero-order valence-corrected chi connectivity index (χ0v) is 12.0. The average Bonchev–Trinajstić information content (AvgIpc) is 2.38. The molecule has 2 aromatic rings. The lowest BCUT2D eigenvalue weighted by molar-refractivity contribution is 0.0698. The zero-order valence-electron chi connectivity index (χ0n) is 11.2. The highest BCUT2D eigenvalue weighted by Gasteiger charge is 2.20. The van der Waals surface area contributed by atoms with Crippen LogP contribution < -0.4 is 10.5 Å². The second-order valence-corrected chi connectivity index (χ2v) is 6.13. The fourth-order valence-corrected chi connectivity index (χ4v) is 3.21. The second-order valence-electron chi connectivity index (χ2n) is 4.48. The topological polar surface area (TPSA) is 109 Å². The smallest absolute Gasteiger partial charge is 0.337 e. The first-order chi connectivity index (χ1) is 9.81. The van der Waals surface area contributed by atoms with Crippen LogP contribution in [0.4, 0.5) is 11.4 Å². The van der Waals surface area contributed by atoms with Crippen LogP contribution in [0.5, 0.6) is 0 Å². The molecule has 0 bridgehead atoms. The SMILES string of the molecule is Cc1ccccc1S(=O)(=O)Nc1cc(N)ccc1C(=O)O. The molecule has 6 nitrogen and oxygen atoms in total. The van der Waals surface area contributed by atoms with E-state index >= 15 is 0 Å². The number of nitrogen functional groups attached to an aromatic ring is 1. The molecule has 4 N–H and O–H groups in total. The van der Waals surface area contributed by atoms with Gasteiger partial charge in [0.1, 0.15) is 0 Å². The summed E-state index contributed by atoms with van der Waals surface area (Å²) in [4.78, 5) is 11.2. The van der Waals surface area contributed by atoms with Crippen molar-refractivity contribution < 1.29 is 18.3 Å². The maximum absolute atomic E-state index is 12.4. The number of nitrogens with two attached hydrogens (primary N) is 1. The molecule has 2 aromatic carbocycles. The third-order valence-electron chi connectivity index (χ3n) is 2.90. The molecule has 21 heavy (non-hydrogen) atoms.